The van der Waals surface area contributed by atoms with Crippen LogP contribution in [0.5, 0.6) is 0 Å². The van der Waals surface area contributed by atoms with Crippen molar-refractivity contribution in [1.82, 2.24) is 15.0 Å². The molecule has 1 aromatic heterocycles. The Morgan fingerprint density at radius 2 is 2.07 bits per heavy atom. The number of likely N-dealkylation sites (tertiary alicyclic amines) is 1. The van der Waals surface area contributed by atoms with Crippen molar-refractivity contribution in [1.29, 1.82) is 5.41 Å². The van der Waals surface area contributed by atoms with Crippen LogP contribution in [0.3, 0.4) is 0 Å². The molecule has 2 saturated heterocycles. The van der Waals surface area contributed by atoms with E-state index in [4.69, 9.17) is 14.7 Å². The SMILES string of the molecule is CNc1cc(-c2noc(C3CCN(C(=O)CC4COC4)CC3)n2)ccc1C(C)=N. The average molecular weight is 397 g/mol. The van der Waals surface area contributed by atoms with E-state index in [-0.39, 0.29) is 11.8 Å². The first-order valence-electron chi connectivity index (χ1n) is 10.1. The Morgan fingerprint density at radius 1 is 1.31 bits per heavy atom. The van der Waals surface area contributed by atoms with E-state index in [0.717, 1.165) is 42.7 Å². The largest absolute Gasteiger partial charge is 0.388 e. The van der Waals surface area contributed by atoms with Crippen LogP contribution in [0.4, 0.5) is 5.69 Å². The summed E-state index contributed by atoms with van der Waals surface area (Å²) in [5.41, 5.74) is 3.07. The highest BCUT2D eigenvalue weighted by atomic mass is 16.5. The van der Waals surface area contributed by atoms with Gasteiger partial charge in [-0.1, -0.05) is 17.3 Å². The summed E-state index contributed by atoms with van der Waals surface area (Å²) in [6.07, 6.45) is 2.26. The maximum Gasteiger partial charge on any atom is 0.230 e. The molecular formula is C21H27N5O3. The van der Waals surface area contributed by atoms with Crippen LogP contribution >= 0.6 is 0 Å². The fraction of sp³-hybridized carbons (Fsp3) is 0.524. The summed E-state index contributed by atoms with van der Waals surface area (Å²) in [6.45, 7) is 4.64. The van der Waals surface area contributed by atoms with E-state index >= 15 is 0 Å². The van der Waals surface area contributed by atoms with Crippen molar-refractivity contribution in [2.45, 2.75) is 32.1 Å². The van der Waals surface area contributed by atoms with Gasteiger partial charge in [-0.25, -0.2) is 0 Å². The summed E-state index contributed by atoms with van der Waals surface area (Å²) >= 11 is 0. The molecule has 2 aromatic rings. The lowest BCUT2D eigenvalue weighted by Crippen LogP contribution is -2.41. The summed E-state index contributed by atoms with van der Waals surface area (Å²) in [5, 5.41) is 15.2. The number of rotatable bonds is 6. The van der Waals surface area contributed by atoms with Crippen LogP contribution in [0.25, 0.3) is 11.4 Å². The fourth-order valence-corrected chi connectivity index (χ4v) is 3.89. The van der Waals surface area contributed by atoms with Gasteiger partial charge in [-0.2, -0.15) is 4.98 Å². The minimum absolute atomic E-state index is 0.180. The van der Waals surface area contributed by atoms with Gasteiger partial charge in [0.05, 0.1) is 13.2 Å². The monoisotopic (exact) mass is 397 g/mol. The van der Waals surface area contributed by atoms with E-state index in [9.17, 15) is 4.79 Å². The topological polar surface area (TPSA) is 104 Å². The van der Waals surface area contributed by atoms with Crippen LogP contribution in [0.1, 0.15) is 43.6 Å². The number of ether oxygens (including phenoxy) is 1. The van der Waals surface area contributed by atoms with Gasteiger partial charge in [-0.3, -0.25) is 4.79 Å². The normalized spacial score (nSPS) is 17.8. The minimum atomic E-state index is 0.180. The van der Waals surface area contributed by atoms with Gasteiger partial charge in [0.25, 0.3) is 0 Å². The summed E-state index contributed by atoms with van der Waals surface area (Å²) in [6, 6.07) is 5.75. The molecule has 2 N–H and O–H groups in total. The fourth-order valence-electron chi connectivity index (χ4n) is 3.89. The molecule has 8 nitrogen and oxygen atoms in total. The van der Waals surface area contributed by atoms with E-state index in [1.807, 2.05) is 30.1 Å². The zero-order valence-electron chi connectivity index (χ0n) is 16.9. The predicted molar refractivity (Wildman–Crippen MR) is 109 cm³/mol. The molecular weight excluding hydrogens is 370 g/mol. The second kappa shape index (κ2) is 8.32. The van der Waals surface area contributed by atoms with Gasteiger partial charge in [-0.15, -0.1) is 0 Å². The first-order valence-corrected chi connectivity index (χ1v) is 10.1. The van der Waals surface area contributed by atoms with Gasteiger partial charge in [-0.05, 0) is 25.8 Å². The molecule has 29 heavy (non-hydrogen) atoms. The molecule has 3 heterocycles. The molecule has 0 unspecified atom stereocenters. The van der Waals surface area contributed by atoms with Crippen molar-refractivity contribution in [3.63, 3.8) is 0 Å². The number of benzene rings is 1. The third kappa shape index (κ3) is 4.17. The summed E-state index contributed by atoms with van der Waals surface area (Å²) < 4.78 is 10.7. The van der Waals surface area contributed by atoms with Gasteiger partial charge in [0.2, 0.25) is 17.6 Å². The molecule has 0 spiro atoms. The number of aromatic nitrogens is 2. The zero-order chi connectivity index (χ0) is 20.4. The summed E-state index contributed by atoms with van der Waals surface area (Å²) in [5.74, 6) is 1.99. The number of carbonyl (C=O) groups is 1. The van der Waals surface area contributed by atoms with E-state index in [1.54, 1.807) is 6.92 Å². The predicted octanol–water partition coefficient (Wildman–Crippen LogP) is 2.91. The highest BCUT2D eigenvalue weighted by Crippen LogP contribution is 2.30. The average Bonchev–Trinajstić information content (AvgIpc) is 3.20. The Hall–Kier alpha value is -2.74. The van der Waals surface area contributed by atoms with Gasteiger partial charge in [0.1, 0.15) is 0 Å². The number of anilines is 1. The molecule has 0 bridgehead atoms. The molecule has 0 radical (unpaired) electrons. The second-order valence-electron chi connectivity index (χ2n) is 7.85. The number of carbonyl (C=O) groups excluding carboxylic acids is 1. The maximum atomic E-state index is 12.4. The van der Waals surface area contributed by atoms with Crippen LogP contribution in [-0.4, -0.2) is 60.0 Å². The van der Waals surface area contributed by atoms with Gasteiger partial charge < -0.3 is 24.9 Å². The molecule has 1 amide bonds. The Morgan fingerprint density at radius 3 is 2.69 bits per heavy atom. The lowest BCUT2D eigenvalue weighted by molar-refractivity contribution is -0.137. The van der Waals surface area contributed by atoms with Gasteiger partial charge in [0.15, 0.2) is 0 Å². The van der Waals surface area contributed by atoms with Crippen LogP contribution in [-0.2, 0) is 9.53 Å². The lowest BCUT2D eigenvalue weighted by Gasteiger charge is -2.33. The third-order valence-electron chi connectivity index (χ3n) is 5.76. The highest BCUT2D eigenvalue weighted by molar-refractivity contribution is 6.02. The van der Waals surface area contributed by atoms with E-state index < -0.39 is 0 Å². The number of hydrogen-bond acceptors (Lipinski definition) is 7. The molecule has 154 valence electrons. The molecule has 4 rings (SSSR count). The smallest absolute Gasteiger partial charge is 0.230 e. The molecule has 1 aromatic carbocycles. The van der Waals surface area contributed by atoms with E-state index in [0.29, 0.717) is 43.0 Å². The molecule has 0 atom stereocenters. The number of nitrogens with zero attached hydrogens (tertiary/aromatic N) is 3. The minimum Gasteiger partial charge on any atom is -0.388 e. The number of piperidine rings is 1. The van der Waals surface area contributed by atoms with Crippen LogP contribution in [0, 0.1) is 11.3 Å². The summed E-state index contributed by atoms with van der Waals surface area (Å²) in [4.78, 5) is 18.9. The van der Waals surface area contributed by atoms with Crippen molar-refractivity contribution in [2.75, 3.05) is 38.7 Å². The van der Waals surface area contributed by atoms with E-state index in [1.165, 1.54) is 0 Å². The standard InChI is InChI=1S/C21H27N5O3/c1-13(22)17-4-3-16(10-18(17)23-2)20-24-21(29-25-20)15-5-7-26(8-6-15)19(27)9-14-11-28-12-14/h3-4,10,14-15,22-23H,5-9,11-12H2,1-2H3. The molecule has 8 heteroatoms. The molecule has 0 aliphatic carbocycles. The Bertz CT molecular complexity index is 897. The Labute approximate surface area is 170 Å². The number of amides is 1. The molecule has 2 aliphatic heterocycles. The Balaban J connectivity index is 1.39. The van der Waals surface area contributed by atoms with Crippen LogP contribution in [0.2, 0.25) is 0 Å². The lowest BCUT2D eigenvalue weighted by atomic mass is 9.95. The maximum absolute atomic E-state index is 12.4. The van der Waals surface area contributed by atoms with Crippen molar-refractivity contribution in [2.24, 2.45) is 5.92 Å². The van der Waals surface area contributed by atoms with Crippen LogP contribution in [0.15, 0.2) is 22.7 Å². The van der Waals surface area contributed by atoms with Crippen molar-refractivity contribution < 1.29 is 14.1 Å². The molecule has 2 aliphatic rings. The third-order valence-corrected chi connectivity index (χ3v) is 5.76. The van der Waals surface area contributed by atoms with Crippen LogP contribution < -0.4 is 5.32 Å². The summed E-state index contributed by atoms with van der Waals surface area (Å²) in [7, 11) is 1.83. The van der Waals surface area contributed by atoms with Crippen molar-refractivity contribution in [3.8, 4) is 11.4 Å². The van der Waals surface area contributed by atoms with Crippen molar-refractivity contribution >= 4 is 17.3 Å². The second-order valence-corrected chi connectivity index (χ2v) is 7.85. The zero-order valence-corrected chi connectivity index (χ0v) is 16.9. The first-order chi connectivity index (χ1) is 14.0. The number of nitrogens with one attached hydrogen (secondary N) is 2. The molecule has 2 fully saturated rings. The number of hydrogen-bond donors (Lipinski definition) is 2. The first kappa shape index (κ1) is 19.6. The van der Waals surface area contributed by atoms with Crippen molar-refractivity contribution in [3.05, 3.63) is 29.7 Å². The quantitative estimate of drug-likeness (QED) is 0.726. The van der Waals surface area contributed by atoms with Gasteiger partial charge in [0, 0.05) is 60.9 Å². The highest BCUT2D eigenvalue weighted by Gasteiger charge is 2.30. The molecule has 0 saturated carbocycles. The Kier molecular flexibility index (Phi) is 5.62. The van der Waals surface area contributed by atoms with Gasteiger partial charge >= 0.3 is 0 Å². The van der Waals surface area contributed by atoms with E-state index in [2.05, 4.69) is 15.5 Å².